The number of fused-ring (bicyclic) bond motifs is 1. The molecule has 9 heteroatoms. The van der Waals surface area contributed by atoms with Crippen molar-refractivity contribution in [2.75, 3.05) is 25.2 Å². The van der Waals surface area contributed by atoms with Crippen LogP contribution < -0.4 is 10.6 Å². The number of benzene rings is 1. The summed E-state index contributed by atoms with van der Waals surface area (Å²) in [5.41, 5.74) is 2.07. The number of thioether (sulfide) groups is 1. The summed E-state index contributed by atoms with van der Waals surface area (Å²) in [5, 5.41) is 15.9. The van der Waals surface area contributed by atoms with Gasteiger partial charge in [-0.1, -0.05) is 18.2 Å². The van der Waals surface area contributed by atoms with Crippen LogP contribution in [0.3, 0.4) is 0 Å². The van der Waals surface area contributed by atoms with Crippen LogP contribution in [-0.4, -0.2) is 70.1 Å². The van der Waals surface area contributed by atoms with Crippen LogP contribution in [-0.2, 0) is 16.0 Å². The predicted molar refractivity (Wildman–Crippen MR) is 117 cm³/mol. The molecule has 30 heavy (non-hydrogen) atoms. The lowest BCUT2D eigenvalue weighted by Crippen LogP contribution is -2.39. The molecule has 1 saturated heterocycles. The Balaban J connectivity index is 1.49. The number of nitrogens with one attached hydrogen (secondary N) is 3. The minimum absolute atomic E-state index is 0.114. The minimum Gasteiger partial charge on any atom is -0.394 e. The second kappa shape index (κ2) is 10.5. The Kier molecular flexibility index (Phi) is 7.75. The summed E-state index contributed by atoms with van der Waals surface area (Å²) >= 11 is 1.65. The summed E-state index contributed by atoms with van der Waals surface area (Å²) in [6, 6.07) is 6.50. The normalized spacial score (nSPS) is 17.4. The number of imide groups is 1. The van der Waals surface area contributed by atoms with Gasteiger partial charge < -0.3 is 20.7 Å². The fourth-order valence-electron chi connectivity index (χ4n) is 3.60. The van der Waals surface area contributed by atoms with Gasteiger partial charge in [-0.25, -0.2) is 4.79 Å². The fraction of sp³-hybridized carbons (Fsp3) is 0.476. The van der Waals surface area contributed by atoms with E-state index in [1.165, 1.54) is 4.90 Å². The van der Waals surface area contributed by atoms with Crippen LogP contribution in [0.4, 0.5) is 4.79 Å². The van der Waals surface area contributed by atoms with E-state index >= 15 is 0 Å². The summed E-state index contributed by atoms with van der Waals surface area (Å²) in [7, 11) is 0. The molecule has 0 aliphatic carbocycles. The van der Waals surface area contributed by atoms with E-state index in [1.807, 2.05) is 36.7 Å². The molecule has 4 N–H and O–H groups in total. The van der Waals surface area contributed by atoms with Gasteiger partial charge in [-0.15, -0.1) is 0 Å². The van der Waals surface area contributed by atoms with E-state index in [-0.39, 0.29) is 43.8 Å². The molecule has 2 heterocycles. The summed E-state index contributed by atoms with van der Waals surface area (Å²) in [6.07, 6.45) is 5.46. The van der Waals surface area contributed by atoms with E-state index in [9.17, 15) is 19.5 Å². The van der Waals surface area contributed by atoms with Crippen molar-refractivity contribution >= 4 is 40.5 Å². The predicted octanol–water partition coefficient (Wildman–Crippen LogP) is 1.64. The van der Waals surface area contributed by atoms with Gasteiger partial charge in [-0.3, -0.25) is 14.5 Å². The van der Waals surface area contributed by atoms with Gasteiger partial charge in [0.1, 0.15) is 6.04 Å². The molecule has 2 aromatic rings. The topological polar surface area (TPSA) is 115 Å². The SMILES string of the molecule is CSCC[C@H](CO)NC(=O)CC[C@H]1NC(=O)N(CCc2c[nH]c3ccccc23)C1=O. The molecule has 3 rings (SSSR count). The number of para-hydroxylation sites is 1. The zero-order valence-electron chi connectivity index (χ0n) is 17.0. The first kappa shape index (κ1) is 22.2. The maximum atomic E-state index is 12.6. The smallest absolute Gasteiger partial charge is 0.324 e. The van der Waals surface area contributed by atoms with Gasteiger partial charge in [-0.05, 0) is 42.9 Å². The molecule has 1 aliphatic heterocycles. The quantitative estimate of drug-likeness (QED) is 0.403. The number of aromatic amines is 1. The Labute approximate surface area is 179 Å². The molecule has 0 spiro atoms. The van der Waals surface area contributed by atoms with E-state index in [2.05, 4.69) is 15.6 Å². The second-order valence-electron chi connectivity index (χ2n) is 7.37. The highest BCUT2D eigenvalue weighted by molar-refractivity contribution is 7.98. The zero-order chi connectivity index (χ0) is 21.5. The Hall–Kier alpha value is -2.52. The molecule has 1 aliphatic rings. The molecule has 1 fully saturated rings. The van der Waals surface area contributed by atoms with Gasteiger partial charge in [0.2, 0.25) is 5.91 Å². The molecular weight excluding hydrogens is 404 g/mol. The van der Waals surface area contributed by atoms with Crippen molar-refractivity contribution in [2.24, 2.45) is 0 Å². The van der Waals surface area contributed by atoms with E-state index in [4.69, 9.17) is 0 Å². The van der Waals surface area contributed by atoms with Crippen molar-refractivity contribution in [2.45, 2.75) is 37.8 Å². The standard InChI is InChI=1S/C21H28N4O4S/c1-30-11-9-15(13-26)23-19(27)7-6-18-20(28)25(21(29)24-18)10-8-14-12-22-17-5-3-2-4-16(14)17/h2-5,12,15,18,22,26H,6-11,13H2,1H3,(H,23,27)(H,24,29)/t15-,18-/m1/s1. The molecular formula is C21H28N4O4S. The van der Waals surface area contributed by atoms with Crippen molar-refractivity contribution < 1.29 is 19.5 Å². The number of hydrogen-bond donors (Lipinski definition) is 4. The van der Waals surface area contributed by atoms with Crippen LogP contribution >= 0.6 is 11.8 Å². The van der Waals surface area contributed by atoms with Gasteiger partial charge in [0.05, 0.1) is 12.6 Å². The highest BCUT2D eigenvalue weighted by Gasteiger charge is 2.37. The Morgan fingerprint density at radius 3 is 2.90 bits per heavy atom. The van der Waals surface area contributed by atoms with E-state index in [1.54, 1.807) is 11.8 Å². The number of rotatable bonds is 11. The maximum absolute atomic E-state index is 12.6. The third-order valence-electron chi connectivity index (χ3n) is 5.30. The molecule has 8 nitrogen and oxygen atoms in total. The Morgan fingerprint density at radius 1 is 1.33 bits per heavy atom. The zero-order valence-corrected chi connectivity index (χ0v) is 17.8. The number of aliphatic hydroxyl groups is 1. The monoisotopic (exact) mass is 432 g/mol. The molecule has 2 atom stereocenters. The van der Waals surface area contributed by atoms with E-state index < -0.39 is 12.1 Å². The lowest BCUT2D eigenvalue weighted by Gasteiger charge is -2.16. The van der Waals surface area contributed by atoms with Crippen molar-refractivity contribution in [1.82, 2.24) is 20.5 Å². The van der Waals surface area contributed by atoms with E-state index in [0.717, 1.165) is 22.2 Å². The summed E-state index contributed by atoms with van der Waals surface area (Å²) < 4.78 is 0. The van der Waals surface area contributed by atoms with Crippen LogP contribution in [0.5, 0.6) is 0 Å². The van der Waals surface area contributed by atoms with Gasteiger partial charge in [0.15, 0.2) is 0 Å². The van der Waals surface area contributed by atoms with Gasteiger partial charge in [0.25, 0.3) is 5.91 Å². The molecule has 0 saturated carbocycles. The summed E-state index contributed by atoms with van der Waals surface area (Å²) in [5.74, 6) is 0.316. The highest BCUT2D eigenvalue weighted by atomic mass is 32.2. The lowest BCUT2D eigenvalue weighted by molar-refractivity contribution is -0.127. The average molecular weight is 433 g/mol. The number of aromatic nitrogens is 1. The molecule has 1 aromatic heterocycles. The number of amides is 4. The van der Waals surface area contributed by atoms with Crippen molar-refractivity contribution in [3.63, 3.8) is 0 Å². The molecule has 4 amide bonds. The van der Waals surface area contributed by atoms with Gasteiger partial charge >= 0.3 is 6.03 Å². The van der Waals surface area contributed by atoms with Crippen LogP contribution in [0, 0.1) is 0 Å². The number of carbonyl (C=O) groups is 3. The van der Waals surface area contributed by atoms with Crippen LogP contribution in [0.15, 0.2) is 30.5 Å². The van der Waals surface area contributed by atoms with Gasteiger partial charge in [-0.2, -0.15) is 11.8 Å². The Bertz CT molecular complexity index is 900. The molecule has 0 radical (unpaired) electrons. The molecule has 0 bridgehead atoms. The number of H-pyrrole nitrogens is 1. The summed E-state index contributed by atoms with van der Waals surface area (Å²) in [6.45, 7) is 0.170. The Morgan fingerprint density at radius 2 is 2.13 bits per heavy atom. The average Bonchev–Trinajstić information content (AvgIpc) is 3.28. The minimum atomic E-state index is -0.690. The largest absolute Gasteiger partial charge is 0.394 e. The fourth-order valence-corrected chi connectivity index (χ4v) is 4.12. The van der Waals surface area contributed by atoms with Crippen molar-refractivity contribution in [1.29, 1.82) is 0 Å². The van der Waals surface area contributed by atoms with Crippen LogP contribution in [0.25, 0.3) is 10.9 Å². The van der Waals surface area contributed by atoms with Gasteiger partial charge in [0, 0.05) is 30.1 Å². The van der Waals surface area contributed by atoms with Crippen LogP contribution in [0.2, 0.25) is 0 Å². The number of urea groups is 1. The first-order valence-corrected chi connectivity index (χ1v) is 11.5. The third kappa shape index (κ3) is 5.34. The highest BCUT2D eigenvalue weighted by Crippen LogP contribution is 2.19. The lowest BCUT2D eigenvalue weighted by atomic mass is 10.1. The number of carbonyl (C=O) groups excluding carboxylic acids is 3. The first-order chi connectivity index (χ1) is 14.5. The van der Waals surface area contributed by atoms with Crippen molar-refractivity contribution in [3.05, 3.63) is 36.0 Å². The number of aliphatic hydroxyl groups excluding tert-OH is 1. The first-order valence-electron chi connectivity index (χ1n) is 10.1. The molecule has 0 unspecified atom stereocenters. The van der Waals surface area contributed by atoms with Crippen molar-refractivity contribution in [3.8, 4) is 0 Å². The number of hydrogen-bond acceptors (Lipinski definition) is 5. The molecule has 162 valence electrons. The van der Waals surface area contributed by atoms with E-state index in [0.29, 0.717) is 12.8 Å². The summed E-state index contributed by atoms with van der Waals surface area (Å²) in [4.78, 5) is 41.4. The van der Waals surface area contributed by atoms with Crippen LogP contribution in [0.1, 0.15) is 24.8 Å². The number of nitrogens with zero attached hydrogens (tertiary/aromatic N) is 1. The third-order valence-corrected chi connectivity index (χ3v) is 5.95. The maximum Gasteiger partial charge on any atom is 0.324 e. The second-order valence-corrected chi connectivity index (χ2v) is 8.35. The molecule has 1 aromatic carbocycles.